The molecule has 0 unspecified atom stereocenters. The zero-order valence-corrected chi connectivity index (χ0v) is 13.6. The summed E-state index contributed by atoms with van der Waals surface area (Å²) in [6, 6.07) is 17.3. The minimum atomic E-state index is -0.169. The van der Waals surface area contributed by atoms with Gasteiger partial charge in [0.2, 0.25) is 0 Å². The number of rotatable bonds is 5. The van der Waals surface area contributed by atoms with Crippen molar-refractivity contribution in [2.24, 2.45) is 0 Å². The molecule has 122 valence electrons. The number of benzene rings is 2. The predicted molar refractivity (Wildman–Crippen MR) is 92.9 cm³/mol. The van der Waals surface area contributed by atoms with E-state index < -0.39 is 0 Å². The number of H-pyrrole nitrogens is 1. The van der Waals surface area contributed by atoms with Gasteiger partial charge < -0.3 is 10.1 Å². The maximum absolute atomic E-state index is 12.6. The van der Waals surface area contributed by atoms with Crippen molar-refractivity contribution in [3.63, 3.8) is 0 Å². The summed E-state index contributed by atoms with van der Waals surface area (Å²) in [6.07, 6.45) is 1.54. The first-order valence-corrected chi connectivity index (χ1v) is 7.72. The number of nitrogens with one attached hydrogen (secondary N) is 2. The Hall–Kier alpha value is -3.08. The molecule has 5 nitrogen and oxygen atoms in total. The summed E-state index contributed by atoms with van der Waals surface area (Å²) < 4.78 is 5.24. The molecule has 0 aliphatic rings. The summed E-state index contributed by atoms with van der Waals surface area (Å²) in [5.41, 5.74) is 3.08. The number of carbonyl (C=O) groups is 1. The second-order valence-corrected chi connectivity index (χ2v) is 5.50. The number of aromatic nitrogens is 2. The van der Waals surface area contributed by atoms with Crippen LogP contribution in [0.3, 0.4) is 0 Å². The van der Waals surface area contributed by atoms with Gasteiger partial charge in [0.1, 0.15) is 5.75 Å². The van der Waals surface area contributed by atoms with Gasteiger partial charge in [-0.05, 0) is 24.6 Å². The van der Waals surface area contributed by atoms with E-state index in [0.29, 0.717) is 11.3 Å². The normalized spacial score (nSPS) is 11.8. The number of carbonyl (C=O) groups excluding carboxylic acids is 1. The third-order valence-electron chi connectivity index (χ3n) is 3.89. The van der Waals surface area contributed by atoms with Crippen LogP contribution in [0.2, 0.25) is 0 Å². The van der Waals surface area contributed by atoms with Crippen molar-refractivity contribution >= 4 is 5.91 Å². The van der Waals surface area contributed by atoms with Crippen LogP contribution >= 0.6 is 0 Å². The summed E-state index contributed by atoms with van der Waals surface area (Å²) in [4.78, 5) is 12.6. The number of ether oxygens (including phenoxy) is 1. The van der Waals surface area contributed by atoms with Gasteiger partial charge in [0.25, 0.3) is 5.91 Å². The standard InChI is InChI=1S/C19H19N3O2/c1-13(14-7-4-3-5-8-14)21-19(23)17-12-20-22-18(17)15-9-6-10-16(11-15)24-2/h3-13H,1-2H3,(H,20,22)(H,21,23)/t13-/m1/s1. The molecule has 3 aromatic rings. The molecule has 1 heterocycles. The largest absolute Gasteiger partial charge is 0.497 e. The van der Waals surface area contributed by atoms with Crippen molar-refractivity contribution in [3.05, 3.63) is 71.9 Å². The van der Waals surface area contributed by atoms with E-state index in [-0.39, 0.29) is 11.9 Å². The highest BCUT2D eigenvalue weighted by Crippen LogP contribution is 2.25. The van der Waals surface area contributed by atoms with Gasteiger partial charge in [-0.1, -0.05) is 42.5 Å². The zero-order chi connectivity index (χ0) is 16.9. The van der Waals surface area contributed by atoms with E-state index in [4.69, 9.17) is 4.74 Å². The van der Waals surface area contributed by atoms with E-state index in [9.17, 15) is 4.79 Å². The molecule has 1 amide bonds. The molecule has 24 heavy (non-hydrogen) atoms. The smallest absolute Gasteiger partial charge is 0.255 e. The lowest BCUT2D eigenvalue weighted by atomic mass is 10.1. The van der Waals surface area contributed by atoms with Crippen LogP contribution in [0.15, 0.2) is 60.8 Å². The molecule has 3 rings (SSSR count). The van der Waals surface area contributed by atoms with E-state index in [1.165, 1.54) is 0 Å². The SMILES string of the molecule is COc1cccc(-c2[nH]ncc2C(=O)N[C@H](C)c2ccccc2)c1. The van der Waals surface area contributed by atoms with Crippen molar-refractivity contribution < 1.29 is 9.53 Å². The van der Waals surface area contributed by atoms with Gasteiger partial charge in [-0.15, -0.1) is 0 Å². The molecule has 0 aliphatic carbocycles. The summed E-state index contributed by atoms with van der Waals surface area (Å²) in [5.74, 6) is 0.559. The van der Waals surface area contributed by atoms with Crippen molar-refractivity contribution in [2.45, 2.75) is 13.0 Å². The average molecular weight is 321 g/mol. The fourth-order valence-electron chi connectivity index (χ4n) is 2.56. The van der Waals surface area contributed by atoms with E-state index >= 15 is 0 Å². The van der Waals surface area contributed by atoms with Gasteiger partial charge in [-0.25, -0.2) is 0 Å². The maximum Gasteiger partial charge on any atom is 0.255 e. The monoisotopic (exact) mass is 321 g/mol. The minimum absolute atomic E-state index is 0.0910. The van der Waals surface area contributed by atoms with Gasteiger partial charge in [0, 0.05) is 5.56 Å². The topological polar surface area (TPSA) is 67.0 Å². The van der Waals surface area contributed by atoms with Crippen LogP contribution < -0.4 is 10.1 Å². The number of aromatic amines is 1. The Morgan fingerprint density at radius 2 is 1.96 bits per heavy atom. The highest BCUT2D eigenvalue weighted by atomic mass is 16.5. The quantitative estimate of drug-likeness (QED) is 0.755. The summed E-state index contributed by atoms with van der Waals surface area (Å²) >= 11 is 0. The fraction of sp³-hybridized carbons (Fsp3) is 0.158. The Morgan fingerprint density at radius 3 is 2.71 bits per heavy atom. The van der Waals surface area contributed by atoms with E-state index in [2.05, 4.69) is 15.5 Å². The maximum atomic E-state index is 12.6. The summed E-state index contributed by atoms with van der Waals surface area (Å²) in [7, 11) is 1.61. The van der Waals surface area contributed by atoms with Crippen LogP contribution in [0.1, 0.15) is 28.9 Å². The number of hydrogen-bond acceptors (Lipinski definition) is 3. The lowest BCUT2D eigenvalue weighted by molar-refractivity contribution is 0.0940. The molecule has 1 atom stereocenters. The Bertz CT molecular complexity index is 827. The Kier molecular flexibility index (Phi) is 4.61. The molecule has 2 N–H and O–H groups in total. The third-order valence-corrected chi connectivity index (χ3v) is 3.89. The second kappa shape index (κ2) is 7.00. The molecule has 0 saturated carbocycles. The van der Waals surface area contributed by atoms with Crippen LogP contribution in [0.5, 0.6) is 5.75 Å². The predicted octanol–water partition coefficient (Wildman–Crippen LogP) is 3.58. The first-order chi connectivity index (χ1) is 11.7. The first-order valence-electron chi connectivity index (χ1n) is 7.72. The van der Waals surface area contributed by atoms with Crippen LogP contribution in [0, 0.1) is 0 Å². The number of methoxy groups -OCH3 is 1. The molecule has 0 aliphatic heterocycles. The molecule has 1 aromatic heterocycles. The highest BCUT2D eigenvalue weighted by Gasteiger charge is 2.18. The highest BCUT2D eigenvalue weighted by molar-refractivity contribution is 6.00. The van der Waals surface area contributed by atoms with Crippen molar-refractivity contribution in [2.75, 3.05) is 7.11 Å². The first kappa shape index (κ1) is 15.8. The average Bonchev–Trinajstić information content (AvgIpc) is 3.12. The molecule has 0 radical (unpaired) electrons. The fourth-order valence-corrected chi connectivity index (χ4v) is 2.56. The van der Waals surface area contributed by atoms with Crippen LogP contribution in [0.4, 0.5) is 0 Å². The molecular weight excluding hydrogens is 302 g/mol. The lowest BCUT2D eigenvalue weighted by Crippen LogP contribution is -2.26. The molecule has 0 fully saturated rings. The van der Waals surface area contributed by atoms with Gasteiger partial charge in [-0.2, -0.15) is 5.10 Å². The van der Waals surface area contributed by atoms with E-state index in [0.717, 1.165) is 16.9 Å². The number of hydrogen-bond donors (Lipinski definition) is 2. The van der Waals surface area contributed by atoms with Crippen molar-refractivity contribution in [3.8, 4) is 17.0 Å². The van der Waals surface area contributed by atoms with Crippen molar-refractivity contribution in [1.29, 1.82) is 0 Å². The minimum Gasteiger partial charge on any atom is -0.497 e. The number of amides is 1. The second-order valence-electron chi connectivity index (χ2n) is 5.50. The van der Waals surface area contributed by atoms with Crippen LogP contribution in [-0.2, 0) is 0 Å². The summed E-state index contributed by atoms with van der Waals surface area (Å²) in [6.45, 7) is 1.96. The molecule has 0 spiro atoms. The van der Waals surface area contributed by atoms with Gasteiger partial charge in [0.15, 0.2) is 0 Å². The van der Waals surface area contributed by atoms with Gasteiger partial charge in [-0.3, -0.25) is 9.89 Å². The summed E-state index contributed by atoms with van der Waals surface area (Å²) in [5, 5.41) is 9.94. The molecular formula is C19H19N3O2. The van der Waals surface area contributed by atoms with Crippen LogP contribution in [0.25, 0.3) is 11.3 Å². The van der Waals surface area contributed by atoms with Crippen LogP contribution in [-0.4, -0.2) is 23.2 Å². The van der Waals surface area contributed by atoms with Gasteiger partial charge >= 0.3 is 0 Å². The van der Waals surface area contributed by atoms with E-state index in [1.807, 2.05) is 61.5 Å². The van der Waals surface area contributed by atoms with Gasteiger partial charge in [0.05, 0.1) is 30.6 Å². The Labute approximate surface area is 140 Å². The molecule has 2 aromatic carbocycles. The molecule has 5 heteroatoms. The Balaban J connectivity index is 1.83. The Morgan fingerprint density at radius 1 is 1.17 bits per heavy atom. The third kappa shape index (κ3) is 3.30. The molecule has 0 bridgehead atoms. The number of nitrogens with zero attached hydrogens (tertiary/aromatic N) is 1. The van der Waals surface area contributed by atoms with E-state index in [1.54, 1.807) is 13.3 Å². The zero-order valence-electron chi connectivity index (χ0n) is 13.6. The lowest BCUT2D eigenvalue weighted by Gasteiger charge is -2.14. The molecule has 0 saturated heterocycles. The van der Waals surface area contributed by atoms with Crippen molar-refractivity contribution in [1.82, 2.24) is 15.5 Å².